The minimum absolute atomic E-state index is 0.0764. The predicted molar refractivity (Wildman–Crippen MR) is 76.4 cm³/mol. The molecule has 1 N–H and O–H groups in total. The zero-order valence-electron chi connectivity index (χ0n) is 10.4. The number of aromatic hydroxyl groups is 1. The van der Waals surface area contributed by atoms with E-state index < -0.39 is 4.92 Å². The number of non-ortho nitro benzene ring substituents is 1. The van der Waals surface area contributed by atoms with Crippen LogP contribution >= 0.6 is 0 Å². The molecular formula is C15H10N2O3. The minimum Gasteiger partial charge on any atom is -0.507 e. The molecular weight excluding hydrogens is 256 g/mol. The van der Waals surface area contributed by atoms with Crippen molar-refractivity contribution in [3.8, 4) is 18.1 Å². The predicted octanol–water partition coefficient (Wildman–Crippen LogP) is 3.03. The Balaban J connectivity index is 2.33. The van der Waals surface area contributed by atoms with E-state index in [1.54, 1.807) is 24.3 Å². The number of terminal acetylenes is 1. The molecule has 20 heavy (non-hydrogen) atoms. The molecule has 0 saturated heterocycles. The van der Waals surface area contributed by atoms with Crippen molar-refractivity contribution in [1.29, 1.82) is 0 Å². The summed E-state index contributed by atoms with van der Waals surface area (Å²) in [6.45, 7) is 0. The van der Waals surface area contributed by atoms with E-state index in [-0.39, 0.29) is 17.0 Å². The van der Waals surface area contributed by atoms with Gasteiger partial charge in [-0.15, -0.1) is 6.42 Å². The van der Waals surface area contributed by atoms with Gasteiger partial charge in [-0.1, -0.05) is 12.0 Å². The third-order valence-electron chi connectivity index (χ3n) is 2.59. The van der Waals surface area contributed by atoms with Crippen molar-refractivity contribution < 1.29 is 10.0 Å². The van der Waals surface area contributed by atoms with Crippen LogP contribution in [0.15, 0.2) is 47.5 Å². The lowest BCUT2D eigenvalue weighted by Crippen LogP contribution is -1.90. The molecule has 2 rings (SSSR count). The van der Waals surface area contributed by atoms with Crippen molar-refractivity contribution in [1.82, 2.24) is 0 Å². The van der Waals surface area contributed by atoms with Crippen LogP contribution in [0.5, 0.6) is 5.75 Å². The maximum atomic E-state index is 10.7. The molecule has 5 nitrogen and oxygen atoms in total. The largest absolute Gasteiger partial charge is 0.507 e. The number of rotatable bonds is 3. The van der Waals surface area contributed by atoms with Crippen LogP contribution in [0.25, 0.3) is 0 Å². The summed E-state index contributed by atoms with van der Waals surface area (Å²) in [5.74, 6) is 2.41. The Morgan fingerprint density at radius 3 is 2.80 bits per heavy atom. The van der Waals surface area contributed by atoms with Crippen LogP contribution in [0.3, 0.4) is 0 Å². The third-order valence-corrected chi connectivity index (χ3v) is 2.59. The van der Waals surface area contributed by atoms with Gasteiger partial charge in [0.15, 0.2) is 0 Å². The van der Waals surface area contributed by atoms with Crippen LogP contribution in [0, 0.1) is 22.5 Å². The van der Waals surface area contributed by atoms with Gasteiger partial charge in [0.1, 0.15) is 5.75 Å². The Morgan fingerprint density at radius 1 is 1.30 bits per heavy atom. The maximum Gasteiger partial charge on any atom is 0.270 e. The van der Waals surface area contributed by atoms with Crippen LogP contribution in [0.4, 0.5) is 11.4 Å². The highest BCUT2D eigenvalue weighted by Crippen LogP contribution is 2.22. The average Bonchev–Trinajstić information content (AvgIpc) is 2.46. The molecule has 0 aliphatic heterocycles. The van der Waals surface area contributed by atoms with E-state index in [1.807, 2.05) is 0 Å². The molecule has 0 aliphatic carbocycles. The lowest BCUT2D eigenvalue weighted by atomic mass is 10.2. The molecule has 0 unspecified atom stereocenters. The monoisotopic (exact) mass is 266 g/mol. The summed E-state index contributed by atoms with van der Waals surface area (Å²) in [6, 6.07) is 10.7. The summed E-state index contributed by atoms with van der Waals surface area (Å²) in [7, 11) is 0. The van der Waals surface area contributed by atoms with Crippen molar-refractivity contribution in [2.24, 2.45) is 4.99 Å². The standard InChI is InChI=1S/C15H10N2O3/c1-2-11-4-3-5-13(8-11)16-10-12-9-14(17(19)20)6-7-15(12)18/h1,3-10,18H/b16-10+. The topological polar surface area (TPSA) is 75.7 Å². The van der Waals surface area contributed by atoms with Gasteiger partial charge in [-0.2, -0.15) is 0 Å². The van der Waals surface area contributed by atoms with Crippen LogP contribution in [-0.2, 0) is 0 Å². The molecule has 0 aromatic heterocycles. The first-order chi connectivity index (χ1) is 9.60. The van der Waals surface area contributed by atoms with Gasteiger partial charge in [-0.05, 0) is 24.3 Å². The Hall–Kier alpha value is -3.13. The summed E-state index contributed by atoms with van der Waals surface area (Å²) in [5.41, 5.74) is 1.45. The summed E-state index contributed by atoms with van der Waals surface area (Å²) >= 11 is 0. The Labute approximate surface area is 115 Å². The number of nitro benzene ring substituents is 1. The zero-order chi connectivity index (χ0) is 14.5. The lowest BCUT2D eigenvalue weighted by molar-refractivity contribution is -0.384. The van der Waals surface area contributed by atoms with Crippen LogP contribution < -0.4 is 0 Å². The second kappa shape index (κ2) is 5.67. The number of hydrogen-bond donors (Lipinski definition) is 1. The molecule has 2 aromatic rings. The highest BCUT2D eigenvalue weighted by molar-refractivity contribution is 5.86. The van der Waals surface area contributed by atoms with Gasteiger partial charge >= 0.3 is 0 Å². The first kappa shape index (κ1) is 13.3. The lowest BCUT2D eigenvalue weighted by Gasteiger charge is -1.99. The third kappa shape index (κ3) is 3.00. The molecule has 0 spiro atoms. The number of aliphatic imine (C=N–C) groups is 1. The molecule has 0 atom stereocenters. The molecule has 0 fully saturated rings. The first-order valence-electron chi connectivity index (χ1n) is 5.68. The molecule has 2 aromatic carbocycles. The van der Waals surface area contributed by atoms with E-state index in [9.17, 15) is 15.2 Å². The fraction of sp³-hybridized carbons (Fsp3) is 0. The summed E-state index contributed by atoms with van der Waals surface area (Å²) in [5, 5.41) is 20.3. The van der Waals surface area contributed by atoms with Crippen molar-refractivity contribution in [3.63, 3.8) is 0 Å². The normalized spacial score (nSPS) is 10.3. The van der Waals surface area contributed by atoms with Crippen LogP contribution in [0.1, 0.15) is 11.1 Å². The highest BCUT2D eigenvalue weighted by Gasteiger charge is 2.08. The van der Waals surface area contributed by atoms with E-state index in [0.29, 0.717) is 11.3 Å². The van der Waals surface area contributed by atoms with E-state index in [2.05, 4.69) is 10.9 Å². The van der Waals surface area contributed by atoms with E-state index >= 15 is 0 Å². The van der Waals surface area contributed by atoms with Crippen molar-refractivity contribution in [3.05, 3.63) is 63.7 Å². The SMILES string of the molecule is C#Cc1cccc(/N=C/c2cc([N+](=O)[O-])ccc2O)c1. The number of nitro groups is 1. The Morgan fingerprint density at radius 2 is 2.10 bits per heavy atom. The molecule has 0 heterocycles. The maximum absolute atomic E-state index is 10.7. The Bertz CT molecular complexity index is 730. The molecule has 5 heteroatoms. The zero-order valence-corrected chi connectivity index (χ0v) is 10.4. The molecule has 98 valence electrons. The van der Waals surface area contributed by atoms with E-state index in [4.69, 9.17) is 6.42 Å². The van der Waals surface area contributed by atoms with E-state index in [1.165, 1.54) is 24.4 Å². The van der Waals surface area contributed by atoms with Gasteiger partial charge < -0.3 is 5.11 Å². The van der Waals surface area contributed by atoms with Gasteiger partial charge in [0.05, 0.1) is 10.6 Å². The Kier molecular flexibility index (Phi) is 3.77. The number of phenolic OH excluding ortho intramolecular Hbond substituents is 1. The van der Waals surface area contributed by atoms with Crippen molar-refractivity contribution in [2.75, 3.05) is 0 Å². The van der Waals surface area contributed by atoms with Gasteiger partial charge in [-0.25, -0.2) is 0 Å². The van der Waals surface area contributed by atoms with Crippen LogP contribution in [-0.4, -0.2) is 16.2 Å². The summed E-state index contributed by atoms with van der Waals surface area (Å²) in [4.78, 5) is 14.3. The van der Waals surface area contributed by atoms with Crippen LogP contribution in [0.2, 0.25) is 0 Å². The molecule has 0 amide bonds. The second-order valence-corrected chi connectivity index (χ2v) is 3.95. The fourth-order valence-electron chi connectivity index (χ4n) is 1.58. The van der Waals surface area contributed by atoms with Gasteiger partial charge in [0.25, 0.3) is 5.69 Å². The molecule has 0 saturated carbocycles. The summed E-state index contributed by atoms with van der Waals surface area (Å²) < 4.78 is 0. The van der Waals surface area contributed by atoms with Gasteiger partial charge in [-0.3, -0.25) is 15.1 Å². The number of benzene rings is 2. The van der Waals surface area contributed by atoms with Gasteiger partial charge in [0.2, 0.25) is 0 Å². The smallest absolute Gasteiger partial charge is 0.270 e. The quantitative estimate of drug-likeness (QED) is 0.401. The number of phenols is 1. The number of nitrogens with zero attached hydrogens (tertiary/aromatic N) is 2. The molecule has 0 aliphatic rings. The molecule has 0 bridgehead atoms. The van der Waals surface area contributed by atoms with E-state index in [0.717, 1.165) is 0 Å². The van der Waals surface area contributed by atoms with Gasteiger partial charge in [0, 0.05) is 29.5 Å². The summed E-state index contributed by atoms with van der Waals surface area (Å²) in [6.07, 6.45) is 6.65. The number of hydrogen-bond acceptors (Lipinski definition) is 4. The highest BCUT2D eigenvalue weighted by atomic mass is 16.6. The molecule has 0 radical (unpaired) electrons. The second-order valence-electron chi connectivity index (χ2n) is 3.95. The minimum atomic E-state index is -0.532. The van der Waals surface area contributed by atoms with Crippen molar-refractivity contribution in [2.45, 2.75) is 0 Å². The first-order valence-corrected chi connectivity index (χ1v) is 5.68. The van der Waals surface area contributed by atoms with Crippen molar-refractivity contribution >= 4 is 17.6 Å². The fourth-order valence-corrected chi connectivity index (χ4v) is 1.58. The average molecular weight is 266 g/mol.